The molecule has 1 aliphatic rings. The summed E-state index contributed by atoms with van der Waals surface area (Å²) in [6.45, 7) is 1.72. The minimum atomic E-state index is -0.393. The van der Waals surface area contributed by atoms with E-state index in [0.29, 0.717) is 44.7 Å². The first-order valence-corrected chi connectivity index (χ1v) is 13.2. The lowest BCUT2D eigenvalue weighted by Crippen LogP contribution is -2.48. The number of amides is 1. The number of piperidine rings is 1. The van der Waals surface area contributed by atoms with Crippen molar-refractivity contribution in [2.45, 2.75) is 51.6 Å². The minimum absolute atomic E-state index is 0.00884. The lowest BCUT2D eigenvalue weighted by Gasteiger charge is -2.41. The lowest BCUT2D eigenvalue weighted by molar-refractivity contribution is -0.143. The average molecular weight is 484 g/mol. The SMILES string of the molecule is O=C(COCc1ccccc1)N1CCC(Cc2ccccc2)(C(=O)CCCCc2ccccc2)CC1. The number of aryl methyl sites for hydroxylation is 1. The van der Waals surface area contributed by atoms with E-state index in [1.54, 1.807) is 0 Å². The number of unbranched alkanes of at least 4 members (excludes halogenated alkanes) is 1. The molecule has 1 fully saturated rings. The Morgan fingerprint density at radius 1 is 0.722 bits per heavy atom. The smallest absolute Gasteiger partial charge is 0.248 e. The van der Waals surface area contributed by atoms with E-state index in [2.05, 4.69) is 36.4 Å². The molecule has 0 bridgehead atoms. The first kappa shape index (κ1) is 25.8. The van der Waals surface area contributed by atoms with Crippen LogP contribution in [0.1, 0.15) is 48.8 Å². The van der Waals surface area contributed by atoms with Crippen LogP contribution in [0.3, 0.4) is 0 Å². The molecule has 1 amide bonds. The fraction of sp³-hybridized carbons (Fsp3) is 0.375. The number of nitrogens with zero attached hydrogens (tertiary/aromatic N) is 1. The van der Waals surface area contributed by atoms with Crippen molar-refractivity contribution in [3.8, 4) is 0 Å². The van der Waals surface area contributed by atoms with E-state index < -0.39 is 5.41 Å². The van der Waals surface area contributed by atoms with Crippen molar-refractivity contribution in [1.82, 2.24) is 4.90 Å². The zero-order valence-corrected chi connectivity index (χ0v) is 21.1. The van der Waals surface area contributed by atoms with Crippen molar-refractivity contribution < 1.29 is 14.3 Å². The molecule has 0 unspecified atom stereocenters. The Bertz CT molecular complexity index is 1070. The molecule has 4 heteroatoms. The van der Waals surface area contributed by atoms with E-state index in [0.717, 1.165) is 31.2 Å². The van der Waals surface area contributed by atoms with Gasteiger partial charge in [-0.3, -0.25) is 9.59 Å². The molecule has 0 aliphatic carbocycles. The minimum Gasteiger partial charge on any atom is -0.367 e. The van der Waals surface area contributed by atoms with Gasteiger partial charge in [0.15, 0.2) is 0 Å². The van der Waals surface area contributed by atoms with Gasteiger partial charge >= 0.3 is 0 Å². The van der Waals surface area contributed by atoms with Gasteiger partial charge in [0.25, 0.3) is 0 Å². The Labute approximate surface area is 215 Å². The van der Waals surface area contributed by atoms with Gasteiger partial charge in [-0.25, -0.2) is 0 Å². The molecule has 0 saturated carbocycles. The summed E-state index contributed by atoms with van der Waals surface area (Å²) in [5.74, 6) is 0.362. The zero-order chi connectivity index (χ0) is 25.1. The molecule has 3 aromatic carbocycles. The van der Waals surface area contributed by atoms with Gasteiger partial charge in [0.1, 0.15) is 12.4 Å². The maximum absolute atomic E-state index is 13.6. The second-order valence-electron chi connectivity index (χ2n) is 9.92. The Morgan fingerprint density at radius 2 is 1.28 bits per heavy atom. The molecule has 4 nitrogen and oxygen atoms in total. The van der Waals surface area contributed by atoms with E-state index >= 15 is 0 Å². The highest BCUT2D eigenvalue weighted by Gasteiger charge is 2.41. The average Bonchev–Trinajstić information content (AvgIpc) is 2.93. The van der Waals surface area contributed by atoms with Crippen LogP contribution in [0, 0.1) is 5.41 Å². The van der Waals surface area contributed by atoms with Crippen molar-refractivity contribution >= 4 is 11.7 Å². The number of benzene rings is 3. The quantitative estimate of drug-likeness (QED) is 0.295. The second kappa shape index (κ2) is 13.2. The fourth-order valence-corrected chi connectivity index (χ4v) is 5.17. The summed E-state index contributed by atoms with van der Waals surface area (Å²) in [6, 6.07) is 30.7. The summed E-state index contributed by atoms with van der Waals surface area (Å²) in [5.41, 5.74) is 3.19. The van der Waals surface area contributed by atoms with Gasteiger partial charge in [0, 0.05) is 24.9 Å². The van der Waals surface area contributed by atoms with Crippen LogP contribution in [-0.4, -0.2) is 36.3 Å². The number of Topliss-reactive ketones (excluding diaryl/α,β-unsaturated/α-hetero) is 1. The molecule has 36 heavy (non-hydrogen) atoms. The molecule has 3 aromatic rings. The predicted octanol–water partition coefficient (Wildman–Crippen LogP) is 6.04. The number of likely N-dealkylation sites (tertiary alicyclic amines) is 1. The van der Waals surface area contributed by atoms with Crippen LogP contribution in [-0.2, 0) is 33.8 Å². The maximum Gasteiger partial charge on any atom is 0.248 e. The lowest BCUT2D eigenvalue weighted by atomic mass is 9.69. The van der Waals surface area contributed by atoms with Gasteiger partial charge in [-0.1, -0.05) is 91.0 Å². The van der Waals surface area contributed by atoms with Crippen LogP contribution in [0.5, 0.6) is 0 Å². The third kappa shape index (κ3) is 7.38. The van der Waals surface area contributed by atoms with E-state index in [9.17, 15) is 9.59 Å². The van der Waals surface area contributed by atoms with Crippen LogP contribution in [0.2, 0.25) is 0 Å². The third-order valence-corrected chi connectivity index (χ3v) is 7.35. The topological polar surface area (TPSA) is 46.6 Å². The number of hydrogen-bond acceptors (Lipinski definition) is 3. The summed E-state index contributed by atoms with van der Waals surface area (Å²) in [4.78, 5) is 28.3. The summed E-state index contributed by atoms with van der Waals surface area (Å²) in [6.07, 6.45) is 5.70. The van der Waals surface area contributed by atoms with Crippen LogP contribution in [0.15, 0.2) is 91.0 Å². The van der Waals surface area contributed by atoms with Crippen LogP contribution in [0.25, 0.3) is 0 Å². The predicted molar refractivity (Wildman–Crippen MR) is 143 cm³/mol. The highest BCUT2D eigenvalue weighted by atomic mass is 16.5. The number of hydrogen-bond donors (Lipinski definition) is 0. The number of ether oxygens (including phenoxy) is 1. The number of carbonyl (C=O) groups excluding carboxylic acids is 2. The van der Waals surface area contributed by atoms with Gasteiger partial charge in [0.2, 0.25) is 5.91 Å². The Hall–Kier alpha value is -3.24. The van der Waals surface area contributed by atoms with Gasteiger partial charge in [0.05, 0.1) is 6.61 Å². The molecule has 0 aromatic heterocycles. The molecule has 0 radical (unpaired) electrons. The zero-order valence-electron chi connectivity index (χ0n) is 21.1. The molecule has 1 heterocycles. The first-order chi connectivity index (χ1) is 17.6. The summed E-state index contributed by atoms with van der Waals surface area (Å²) >= 11 is 0. The molecule has 0 spiro atoms. The van der Waals surface area contributed by atoms with Crippen LogP contribution < -0.4 is 0 Å². The van der Waals surface area contributed by atoms with E-state index in [-0.39, 0.29) is 12.5 Å². The van der Waals surface area contributed by atoms with Crippen LogP contribution in [0.4, 0.5) is 0 Å². The summed E-state index contributed by atoms with van der Waals surface area (Å²) in [5, 5.41) is 0. The number of rotatable bonds is 12. The molecule has 1 saturated heterocycles. The molecule has 188 valence electrons. The van der Waals surface area contributed by atoms with Gasteiger partial charge in [-0.15, -0.1) is 0 Å². The third-order valence-electron chi connectivity index (χ3n) is 7.35. The molecular weight excluding hydrogens is 446 g/mol. The molecule has 4 rings (SSSR count). The van der Waals surface area contributed by atoms with Crippen molar-refractivity contribution in [2.75, 3.05) is 19.7 Å². The fourth-order valence-electron chi connectivity index (χ4n) is 5.17. The standard InChI is InChI=1S/C32H37NO3/c34-30(19-11-10-14-27-12-4-1-5-13-27)32(24-28-15-6-2-7-16-28)20-22-33(23-21-32)31(35)26-36-25-29-17-8-3-9-18-29/h1-9,12-13,15-18H,10-11,14,19-26H2. The molecule has 0 atom stereocenters. The molecule has 1 aliphatic heterocycles. The second-order valence-corrected chi connectivity index (χ2v) is 9.92. The van der Waals surface area contributed by atoms with Crippen molar-refractivity contribution in [3.05, 3.63) is 108 Å². The van der Waals surface area contributed by atoms with Crippen molar-refractivity contribution in [3.63, 3.8) is 0 Å². The number of carbonyl (C=O) groups is 2. The summed E-state index contributed by atoms with van der Waals surface area (Å²) < 4.78 is 5.67. The molecule has 0 N–H and O–H groups in total. The van der Waals surface area contributed by atoms with Crippen molar-refractivity contribution in [1.29, 1.82) is 0 Å². The highest BCUT2D eigenvalue weighted by Crippen LogP contribution is 2.38. The van der Waals surface area contributed by atoms with Gasteiger partial charge in [-0.05, 0) is 55.2 Å². The van der Waals surface area contributed by atoms with Crippen molar-refractivity contribution in [2.24, 2.45) is 5.41 Å². The van der Waals surface area contributed by atoms with Crippen LogP contribution >= 0.6 is 0 Å². The number of ketones is 1. The summed E-state index contributed by atoms with van der Waals surface area (Å²) in [7, 11) is 0. The highest BCUT2D eigenvalue weighted by molar-refractivity contribution is 5.86. The van der Waals surface area contributed by atoms with E-state index in [1.165, 1.54) is 11.1 Å². The van der Waals surface area contributed by atoms with E-state index in [1.807, 2.05) is 59.5 Å². The van der Waals surface area contributed by atoms with Gasteiger partial charge < -0.3 is 9.64 Å². The normalized spacial score (nSPS) is 14.9. The largest absolute Gasteiger partial charge is 0.367 e. The first-order valence-electron chi connectivity index (χ1n) is 13.2. The Morgan fingerprint density at radius 3 is 1.89 bits per heavy atom. The Kier molecular flexibility index (Phi) is 9.46. The van der Waals surface area contributed by atoms with Gasteiger partial charge in [-0.2, -0.15) is 0 Å². The van der Waals surface area contributed by atoms with E-state index in [4.69, 9.17) is 4.74 Å². The maximum atomic E-state index is 13.6. The monoisotopic (exact) mass is 483 g/mol. The molecular formula is C32H37NO3. The Balaban J connectivity index is 1.31.